The van der Waals surface area contributed by atoms with Crippen molar-refractivity contribution in [1.29, 1.82) is 0 Å². The summed E-state index contributed by atoms with van der Waals surface area (Å²) < 4.78 is 1.70. The van der Waals surface area contributed by atoms with Gasteiger partial charge in [-0.05, 0) is 13.8 Å². The second-order valence-corrected chi connectivity index (χ2v) is 2.61. The molecule has 0 aliphatic heterocycles. The molecule has 5 heteroatoms. The number of allylic oxidation sites excluding steroid dienone is 1. The Hall–Kier alpha value is -1.65. The standard InChI is InChI=1S/C8H13N5/c1-4-13-8(10-5-6(2)9)11-7(3)12-13/h5H,2,4,9H2,1,3H3. The summed E-state index contributed by atoms with van der Waals surface area (Å²) in [7, 11) is 0. The van der Waals surface area contributed by atoms with Crippen molar-refractivity contribution in [3.63, 3.8) is 0 Å². The summed E-state index contributed by atoms with van der Waals surface area (Å²) in [5.41, 5.74) is 5.74. The molecule has 0 saturated carbocycles. The van der Waals surface area contributed by atoms with E-state index in [0.717, 1.165) is 6.54 Å². The number of rotatable bonds is 3. The molecule has 0 fully saturated rings. The number of hydrogen-bond acceptors (Lipinski definition) is 4. The number of aryl methyl sites for hydroxylation is 2. The molecular weight excluding hydrogens is 166 g/mol. The lowest BCUT2D eigenvalue weighted by Gasteiger charge is -1.95. The molecule has 0 amide bonds. The van der Waals surface area contributed by atoms with Crippen molar-refractivity contribution in [1.82, 2.24) is 14.8 Å². The summed E-state index contributed by atoms with van der Waals surface area (Å²) in [6, 6.07) is 0. The molecule has 1 aromatic heterocycles. The number of nitrogens with two attached hydrogens (primary N) is 1. The van der Waals surface area contributed by atoms with Gasteiger partial charge < -0.3 is 5.73 Å². The number of aliphatic imine (C=N–C) groups is 1. The van der Waals surface area contributed by atoms with E-state index in [4.69, 9.17) is 5.73 Å². The van der Waals surface area contributed by atoms with E-state index in [-0.39, 0.29) is 0 Å². The van der Waals surface area contributed by atoms with Crippen molar-refractivity contribution in [3.05, 3.63) is 18.1 Å². The van der Waals surface area contributed by atoms with Crippen LogP contribution in [0.1, 0.15) is 12.7 Å². The van der Waals surface area contributed by atoms with Crippen LogP contribution in [0.2, 0.25) is 0 Å². The first kappa shape index (κ1) is 9.44. The zero-order valence-electron chi connectivity index (χ0n) is 7.86. The van der Waals surface area contributed by atoms with E-state index in [1.807, 2.05) is 13.8 Å². The Morgan fingerprint density at radius 3 is 3.00 bits per heavy atom. The van der Waals surface area contributed by atoms with Crippen LogP contribution in [0.4, 0.5) is 5.95 Å². The van der Waals surface area contributed by atoms with Crippen LogP contribution in [0.25, 0.3) is 0 Å². The maximum absolute atomic E-state index is 5.34. The number of aromatic nitrogens is 3. The van der Waals surface area contributed by atoms with Crippen molar-refractivity contribution in [2.24, 2.45) is 10.7 Å². The van der Waals surface area contributed by atoms with Crippen molar-refractivity contribution in [2.75, 3.05) is 0 Å². The van der Waals surface area contributed by atoms with Crippen LogP contribution >= 0.6 is 0 Å². The monoisotopic (exact) mass is 179 g/mol. The largest absolute Gasteiger partial charge is 0.398 e. The minimum atomic E-state index is 0.406. The zero-order chi connectivity index (χ0) is 9.84. The first-order valence-electron chi connectivity index (χ1n) is 4.03. The normalized spacial score (nSPS) is 10.9. The van der Waals surface area contributed by atoms with Crippen molar-refractivity contribution in [2.45, 2.75) is 20.4 Å². The van der Waals surface area contributed by atoms with Crippen molar-refractivity contribution in [3.8, 4) is 0 Å². The lowest BCUT2D eigenvalue weighted by molar-refractivity contribution is 0.657. The number of hydrogen-bond donors (Lipinski definition) is 1. The van der Waals surface area contributed by atoms with E-state index in [9.17, 15) is 0 Å². The maximum atomic E-state index is 5.34. The summed E-state index contributed by atoms with van der Waals surface area (Å²) >= 11 is 0. The molecule has 0 unspecified atom stereocenters. The van der Waals surface area contributed by atoms with Crippen LogP contribution in [0, 0.1) is 6.92 Å². The molecule has 0 spiro atoms. The molecule has 1 heterocycles. The van der Waals surface area contributed by atoms with E-state index in [2.05, 4.69) is 21.7 Å². The Morgan fingerprint density at radius 1 is 1.77 bits per heavy atom. The van der Waals surface area contributed by atoms with Crippen LogP contribution < -0.4 is 5.73 Å². The third-order valence-electron chi connectivity index (χ3n) is 1.40. The minimum absolute atomic E-state index is 0.406. The average Bonchev–Trinajstić information content (AvgIpc) is 2.42. The highest BCUT2D eigenvalue weighted by atomic mass is 15.4. The molecule has 70 valence electrons. The SMILES string of the molecule is C=C(N)C=Nc1nc(C)nn1CC. The Kier molecular flexibility index (Phi) is 2.79. The summed E-state index contributed by atoms with van der Waals surface area (Å²) in [6.07, 6.45) is 1.47. The zero-order valence-corrected chi connectivity index (χ0v) is 7.86. The number of nitrogens with zero attached hydrogens (tertiary/aromatic N) is 4. The summed E-state index contributed by atoms with van der Waals surface area (Å²) in [4.78, 5) is 8.15. The van der Waals surface area contributed by atoms with Gasteiger partial charge in [0.25, 0.3) is 0 Å². The van der Waals surface area contributed by atoms with E-state index in [1.54, 1.807) is 4.68 Å². The highest BCUT2D eigenvalue weighted by molar-refractivity contribution is 5.77. The lowest BCUT2D eigenvalue weighted by Crippen LogP contribution is -1.98. The lowest BCUT2D eigenvalue weighted by atomic mass is 10.6. The highest BCUT2D eigenvalue weighted by Crippen LogP contribution is 2.07. The summed E-state index contributed by atoms with van der Waals surface area (Å²) in [6.45, 7) is 8.04. The van der Waals surface area contributed by atoms with Gasteiger partial charge >= 0.3 is 0 Å². The molecule has 0 bridgehead atoms. The van der Waals surface area contributed by atoms with Gasteiger partial charge in [-0.3, -0.25) is 0 Å². The van der Waals surface area contributed by atoms with Gasteiger partial charge in [-0.1, -0.05) is 6.58 Å². The first-order chi connectivity index (χ1) is 6.13. The van der Waals surface area contributed by atoms with Crippen LogP contribution in [0.3, 0.4) is 0 Å². The molecule has 13 heavy (non-hydrogen) atoms. The van der Waals surface area contributed by atoms with Crippen molar-refractivity contribution >= 4 is 12.2 Å². The quantitative estimate of drug-likeness (QED) is 0.697. The van der Waals surface area contributed by atoms with E-state index >= 15 is 0 Å². The van der Waals surface area contributed by atoms with Crippen LogP contribution in [-0.4, -0.2) is 21.0 Å². The molecule has 1 aromatic rings. The van der Waals surface area contributed by atoms with Gasteiger partial charge in [-0.15, -0.1) is 0 Å². The minimum Gasteiger partial charge on any atom is -0.398 e. The Balaban J connectivity index is 2.92. The molecular formula is C8H13N5. The maximum Gasteiger partial charge on any atom is 0.248 e. The molecule has 0 saturated heterocycles. The fourth-order valence-electron chi connectivity index (χ4n) is 0.893. The van der Waals surface area contributed by atoms with Gasteiger partial charge in [-0.25, -0.2) is 9.67 Å². The predicted octanol–water partition coefficient (Wildman–Crippen LogP) is 0.781. The highest BCUT2D eigenvalue weighted by Gasteiger charge is 2.02. The molecule has 0 atom stereocenters. The Morgan fingerprint density at radius 2 is 2.46 bits per heavy atom. The van der Waals surface area contributed by atoms with Gasteiger partial charge in [0.05, 0.1) is 6.21 Å². The molecule has 0 aliphatic carbocycles. The van der Waals surface area contributed by atoms with Crippen LogP contribution in [0.5, 0.6) is 0 Å². The van der Waals surface area contributed by atoms with Gasteiger partial charge in [0.15, 0.2) is 0 Å². The third kappa shape index (κ3) is 2.40. The second-order valence-electron chi connectivity index (χ2n) is 2.61. The fourth-order valence-corrected chi connectivity index (χ4v) is 0.893. The Bertz CT molecular complexity index is 336. The average molecular weight is 179 g/mol. The molecule has 0 aliphatic rings. The molecule has 2 N–H and O–H groups in total. The smallest absolute Gasteiger partial charge is 0.248 e. The van der Waals surface area contributed by atoms with Gasteiger partial charge in [0, 0.05) is 12.2 Å². The fraction of sp³-hybridized carbons (Fsp3) is 0.375. The summed E-state index contributed by atoms with van der Waals surface area (Å²) in [5, 5.41) is 4.13. The van der Waals surface area contributed by atoms with E-state index < -0.39 is 0 Å². The van der Waals surface area contributed by atoms with Gasteiger partial charge in [0.1, 0.15) is 5.82 Å². The second kappa shape index (κ2) is 3.84. The van der Waals surface area contributed by atoms with Gasteiger partial charge in [-0.2, -0.15) is 10.1 Å². The summed E-state index contributed by atoms with van der Waals surface area (Å²) in [5.74, 6) is 1.27. The Labute approximate surface area is 77.0 Å². The molecule has 0 aromatic carbocycles. The van der Waals surface area contributed by atoms with Gasteiger partial charge in [0.2, 0.25) is 5.95 Å². The van der Waals surface area contributed by atoms with Crippen LogP contribution in [0.15, 0.2) is 17.3 Å². The van der Waals surface area contributed by atoms with Crippen LogP contribution in [-0.2, 0) is 6.54 Å². The van der Waals surface area contributed by atoms with E-state index in [1.165, 1.54) is 6.21 Å². The third-order valence-corrected chi connectivity index (χ3v) is 1.40. The predicted molar refractivity (Wildman–Crippen MR) is 51.9 cm³/mol. The molecule has 0 radical (unpaired) electrons. The van der Waals surface area contributed by atoms with Crippen molar-refractivity contribution < 1.29 is 0 Å². The molecule has 5 nitrogen and oxygen atoms in total. The van der Waals surface area contributed by atoms with E-state index in [0.29, 0.717) is 17.5 Å². The molecule has 1 rings (SSSR count). The topological polar surface area (TPSA) is 69.1 Å². The first-order valence-corrected chi connectivity index (χ1v) is 4.03.